The number of carbonyl (C=O) groups is 1. The Morgan fingerprint density at radius 1 is 1.42 bits per heavy atom. The first-order valence-electron chi connectivity index (χ1n) is 5.98. The molecule has 0 radical (unpaired) electrons. The van der Waals surface area contributed by atoms with Crippen LogP contribution in [0.1, 0.15) is 29.8 Å². The maximum absolute atomic E-state index is 12.2. The summed E-state index contributed by atoms with van der Waals surface area (Å²) in [5.41, 5.74) is 7.18. The number of hydrogen-bond acceptors (Lipinski definition) is 2. The van der Waals surface area contributed by atoms with Crippen molar-refractivity contribution in [3.8, 4) is 0 Å². The van der Waals surface area contributed by atoms with Gasteiger partial charge in [0.05, 0.1) is 0 Å². The monoisotopic (exact) mass is 304 g/mol. The highest BCUT2D eigenvalue weighted by molar-refractivity contribution is 6.31. The van der Waals surface area contributed by atoms with Crippen LogP contribution in [-0.2, 0) is 0 Å². The van der Waals surface area contributed by atoms with Crippen molar-refractivity contribution >= 4 is 29.9 Å². The summed E-state index contributed by atoms with van der Waals surface area (Å²) in [6.45, 7) is 7.16. The van der Waals surface area contributed by atoms with E-state index in [0.29, 0.717) is 23.7 Å². The number of benzene rings is 1. The molecule has 19 heavy (non-hydrogen) atoms. The van der Waals surface area contributed by atoms with Crippen LogP contribution in [0.15, 0.2) is 18.2 Å². The summed E-state index contributed by atoms with van der Waals surface area (Å²) in [5.74, 6) is -0.00343. The molecule has 1 rings (SSSR count). The number of carbonyl (C=O) groups excluding carboxylic acids is 1. The summed E-state index contributed by atoms with van der Waals surface area (Å²) in [5, 5.41) is 0.677. The van der Waals surface area contributed by atoms with Crippen LogP contribution < -0.4 is 5.73 Å². The molecule has 0 fully saturated rings. The molecule has 0 aliphatic heterocycles. The Bertz CT molecular complexity index is 447. The highest BCUT2D eigenvalue weighted by Crippen LogP contribution is 2.19. The normalized spacial score (nSPS) is 10.8. The van der Waals surface area contributed by atoms with Crippen molar-refractivity contribution in [3.63, 3.8) is 0 Å². The Kier molecular flexibility index (Phi) is 6.84. The molecule has 0 atom stereocenters. The average molecular weight is 305 g/mol. The van der Waals surface area contributed by atoms with Crippen LogP contribution in [0.25, 0.3) is 0 Å². The fourth-order valence-corrected chi connectivity index (χ4v) is 1.89. The average Bonchev–Trinajstić information content (AvgIpc) is 2.31. The minimum absolute atomic E-state index is 0. The van der Waals surface area contributed by atoms with Gasteiger partial charge in [-0.2, -0.15) is 0 Å². The maximum Gasteiger partial charge on any atom is 0.253 e. The molecule has 0 aliphatic carbocycles. The van der Waals surface area contributed by atoms with Crippen LogP contribution >= 0.6 is 24.0 Å². The second-order valence-corrected chi connectivity index (χ2v) is 5.90. The van der Waals surface area contributed by atoms with Crippen LogP contribution in [0.2, 0.25) is 5.02 Å². The lowest BCUT2D eigenvalue weighted by Gasteiger charge is -2.29. The van der Waals surface area contributed by atoms with E-state index in [0.717, 1.165) is 5.56 Å². The van der Waals surface area contributed by atoms with Crippen molar-refractivity contribution in [3.05, 3.63) is 34.3 Å². The summed E-state index contributed by atoms with van der Waals surface area (Å²) in [6.07, 6.45) is 0. The van der Waals surface area contributed by atoms with E-state index in [9.17, 15) is 4.79 Å². The molecular weight excluding hydrogens is 283 g/mol. The van der Waals surface area contributed by atoms with Gasteiger partial charge in [-0.25, -0.2) is 0 Å². The van der Waals surface area contributed by atoms with Gasteiger partial charge in [0.2, 0.25) is 0 Å². The predicted molar refractivity (Wildman–Crippen MR) is 83.2 cm³/mol. The van der Waals surface area contributed by atoms with Crippen LogP contribution in [0.5, 0.6) is 0 Å². The fraction of sp³-hybridized carbons (Fsp3) is 0.500. The highest BCUT2D eigenvalue weighted by Gasteiger charge is 2.22. The number of nitrogens with two attached hydrogens (primary N) is 1. The Labute approximate surface area is 126 Å². The van der Waals surface area contributed by atoms with E-state index in [1.165, 1.54) is 0 Å². The second kappa shape index (κ2) is 7.13. The molecule has 0 unspecified atom stereocenters. The molecule has 1 amide bonds. The van der Waals surface area contributed by atoms with Crippen molar-refractivity contribution in [1.29, 1.82) is 0 Å². The van der Waals surface area contributed by atoms with E-state index in [1.807, 2.05) is 26.8 Å². The van der Waals surface area contributed by atoms with Gasteiger partial charge in [-0.15, -0.1) is 12.4 Å². The molecule has 2 N–H and O–H groups in total. The standard InChI is InChI=1S/C14H21ClN2O.ClH/c1-10-7-11(5-6-12(10)15)13(18)17(4)9-14(2,3)8-16;/h5-7H,8-9,16H2,1-4H3;1H. The van der Waals surface area contributed by atoms with Gasteiger partial charge in [-0.3, -0.25) is 4.79 Å². The van der Waals surface area contributed by atoms with E-state index in [4.69, 9.17) is 17.3 Å². The minimum Gasteiger partial charge on any atom is -0.341 e. The molecule has 5 heteroatoms. The van der Waals surface area contributed by atoms with Crippen LogP contribution in [0, 0.1) is 12.3 Å². The van der Waals surface area contributed by atoms with Gasteiger partial charge in [-0.1, -0.05) is 25.4 Å². The van der Waals surface area contributed by atoms with Gasteiger partial charge < -0.3 is 10.6 Å². The molecule has 0 aromatic heterocycles. The first kappa shape index (κ1) is 18.2. The summed E-state index contributed by atoms with van der Waals surface area (Å²) < 4.78 is 0. The van der Waals surface area contributed by atoms with E-state index in [-0.39, 0.29) is 23.7 Å². The Balaban J connectivity index is 0.00000324. The third kappa shape index (κ3) is 5.01. The van der Waals surface area contributed by atoms with Gasteiger partial charge in [0.1, 0.15) is 0 Å². The van der Waals surface area contributed by atoms with Crippen molar-refractivity contribution in [2.75, 3.05) is 20.1 Å². The molecule has 0 heterocycles. The number of amides is 1. The van der Waals surface area contributed by atoms with Gasteiger partial charge in [0, 0.05) is 24.2 Å². The van der Waals surface area contributed by atoms with Crippen LogP contribution in [0.3, 0.4) is 0 Å². The zero-order chi connectivity index (χ0) is 13.9. The summed E-state index contributed by atoms with van der Waals surface area (Å²) in [6, 6.07) is 5.33. The van der Waals surface area contributed by atoms with Crippen LogP contribution in [0.4, 0.5) is 0 Å². The van der Waals surface area contributed by atoms with Crippen molar-refractivity contribution < 1.29 is 4.79 Å². The molecule has 0 saturated carbocycles. The molecule has 3 nitrogen and oxygen atoms in total. The van der Waals surface area contributed by atoms with Crippen molar-refractivity contribution in [2.45, 2.75) is 20.8 Å². The lowest BCUT2D eigenvalue weighted by atomic mass is 9.93. The third-order valence-electron chi connectivity index (χ3n) is 2.97. The molecule has 0 saturated heterocycles. The van der Waals surface area contributed by atoms with E-state index < -0.39 is 0 Å². The topological polar surface area (TPSA) is 46.3 Å². The van der Waals surface area contributed by atoms with Gasteiger partial charge in [0.25, 0.3) is 5.91 Å². The number of nitrogens with zero attached hydrogens (tertiary/aromatic N) is 1. The third-order valence-corrected chi connectivity index (χ3v) is 3.39. The molecule has 0 bridgehead atoms. The molecule has 0 aliphatic rings. The zero-order valence-electron chi connectivity index (χ0n) is 11.9. The number of hydrogen-bond donors (Lipinski definition) is 1. The van der Waals surface area contributed by atoms with Crippen molar-refractivity contribution in [2.24, 2.45) is 11.1 Å². The minimum atomic E-state index is -0.0775. The Morgan fingerprint density at radius 2 is 2.00 bits per heavy atom. The maximum atomic E-state index is 12.2. The van der Waals surface area contributed by atoms with E-state index in [2.05, 4.69) is 0 Å². The van der Waals surface area contributed by atoms with E-state index in [1.54, 1.807) is 24.1 Å². The largest absolute Gasteiger partial charge is 0.341 e. The molecular formula is C14H22Cl2N2O. The Morgan fingerprint density at radius 3 is 2.47 bits per heavy atom. The van der Waals surface area contributed by atoms with Crippen molar-refractivity contribution in [1.82, 2.24) is 4.90 Å². The number of aryl methyl sites for hydroxylation is 1. The smallest absolute Gasteiger partial charge is 0.253 e. The van der Waals surface area contributed by atoms with Gasteiger partial charge in [0.15, 0.2) is 0 Å². The fourth-order valence-electron chi connectivity index (χ4n) is 1.78. The first-order valence-corrected chi connectivity index (χ1v) is 6.36. The quantitative estimate of drug-likeness (QED) is 0.929. The second-order valence-electron chi connectivity index (χ2n) is 5.49. The predicted octanol–water partition coefficient (Wildman–Crippen LogP) is 3.13. The van der Waals surface area contributed by atoms with Gasteiger partial charge >= 0.3 is 0 Å². The zero-order valence-corrected chi connectivity index (χ0v) is 13.4. The lowest BCUT2D eigenvalue weighted by molar-refractivity contribution is 0.0740. The molecule has 0 spiro atoms. The molecule has 108 valence electrons. The Hall–Kier alpha value is -0.770. The lowest BCUT2D eigenvalue weighted by Crippen LogP contribution is -2.39. The first-order chi connectivity index (χ1) is 8.26. The summed E-state index contributed by atoms with van der Waals surface area (Å²) >= 11 is 5.95. The summed E-state index contributed by atoms with van der Waals surface area (Å²) in [4.78, 5) is 13.9. The molecule has 1 aromatic carbocycles. The highest BCUT2D eigenvalue weighted by atomic mass is 35.5. The number of halogens is 2. The van der Waals surface area contributed by atoms with Gasteiger partial charge in [-0.05, 0) is 42.6 Å². The molecule has 1 aromatic rings. The van der Waals surface area contributed by atoms with Crippen LogP contribution in [-0.4, -0.2) is 30.9 Å². The van der Waals surface area contributed by atoms with E-state index >= 15 is 0 Å². The number of rotatable bonds is 4. The summed E-state index contributed by atoms with van der Waals surface area (Å²) in [7, 11) is 1.80. The SMILES string of the molecule is Cc1cc(C(=O)N(C)CC(C)(C)CN)ccc1Cl.Cl.